The first-order valence-electron chi connectivity index (χ1n) is 5.99. The van der Waals surface area contributed by atoms with E-state index in [1.165, 1.54) is 12.1 Å². The average Bonchev–Trinajstić information content (AvgIpc) is 2.35. The molecule has 100 valence electrons. The minimum atomic E-state index is -0.465. The fourth-order valence-electron chi connectivity index (χ4n) is 1.65. The van der Waals surface area contributed by atoms with E-state index in [1.54, 1.807) is 6.07 Å². The van der Waals surface area contributed by atoms with E-state index in [0.29, 0.717) is 17.3 Å². The van der Waals surface area contributed by atoms with Gasteiger partial charge in [0.1, 0.15) is 0 Å². The zero-order valence-corrected chi connectivity index (χ0v) is 11.1. The Hall–Kier alpha value is -1.33. The van der Waals surface area contributed by atoms with Gasteiger partial charge in [0.15, 0.2) is 0 Å². The van der Waals surface area contributed by atoms with Crippen molar-refractivity contribution >= 4 is 23.0 Å². The summed E-state index contributed by atoms with van der Waals surface area (Å²) in [6.45, 7) is 2.62. The summed E-state index contributed by atoms with van der Waals surface area (Å²) < 4.78 is 0. The van der Waals surface area contributed by atoms with Gasteiger partial charge in [-0.1, -0.05) is 31.4 Å². The molecule has 0 radical (unpaired) electrons. The average molecular weight is 272 g/mol. The molecule has 0 spiro atoms. The maximum absolute atomic E-state index is 10.6. The van der Waals surface area contributed by atoms with E-state index in [0.717, 1.165) is 19.3 Å². The first kappa shape index (κ1) is 14.7. The molecule has 1 aromatic rings. The molecule has 1 atom stereocenters. The third-order valence-corrected chi connectivity index (χ3v) is 3.03. The van der Waals surface area contributed by atoms with Crippen LogP contribution in [0, 0.1) is 10.1 Å². The molecule has 0 heterocycles. The second-order valence-electron chi connectivity index (χ2n) is 4.14. The van der Waals surface area contributed by atoms with Gasteiger partial charge in [-0.25, -0.2) is 0 Å². The number of hydrogen-bond acceptors (Lipinski definition) is 4. The Morgan fingerprint density at radius 2 is 2.28 bits per heavy atom. The van der Waals surface area contributed by atoms with Gasteiger partial charge in [0.05, 0.1) is 15.6 Å². The quantitative estimate of drug-likeness (QED) is 0.589. The monoisotopic (exact) mass is 271 g/mol. The summed E-state index contributed by atoms with van der Waals surface area (Å²) in [5, 5.41) is 14.2. The van der Waals surface area contributed by atoms with Crippen LogP contribution in [-0.4, -0.2) is 17.5 Å². The van der Waals surface area contributed by atoms with Crippen molar-refractivity contribution in [3.05, 3.63) is 33.3 Å². The second kappa shape index (κ2) is 7.18. The lowest BCUT2D eigenvalue weighted by molar-refractivity contribution is -0.384. The van der Waals surface area contributed by atoms with Gasteiger partial charge in [0.2, 0.25) is 0 Å². The van der Waals surface area contributed by atoms with Crippen LogP contribution >= 0.6 is 11.6 Å². The van der Waals surface area contributed by atoms with Crippen LogP contribution in [-0.2, 0) is 0 Å². The topological polar surface area (TPSA) is 81.2 Å². The molecule has 1 aromatic carbocycles. The molecule has 5 nitrogen and oxygen atoms in total. The predicted octanol–water partition coefficient (Wildman–Crippen LogP) is 3.18. The normalized spacial score (nSPS) is 12.2. The fraction of sp³-hybridized carbons (Fsp3) is 0.500. The maximum atomic E-state index is 10.6. The predicted molar refractivity (Wildman–Crippen MR) is 74.1 cm³/mol. The summed E-state index contributed by atoms with van der Waals surface area (Å²) in [6.07, 6.45) is 3.14. The van der Waals surface area contributed by atoms with Crippen LogP contribution < -0.4 is 11.1 Å². The van der Waals surface area contributed by atoms with E-state index in [-0.39, 0.29) is 11.7 Å². The molecular weight excluding hydrogens is 254 g/mol. The molecule has 0 bridgehead atoms. The van der Waals surface area contributed by atoms with E-state index >= 15 is 0 Å². The van der Waals surface area contributed by atoms with Gasteiger partial charge in [0.25, 0.3) is 5.69 Å². The van der Waals surface area contributed by atoms with Crippen molar-refractivity contribution in [1.82, 2.24) is 0 Å². The lowest BCUT2D eigenvalue weighted by atomic mass is 10.1. The summed E-state index contributed by atoms with van der Waals surface area (Å²) in [6, 6.07) is 4.54. The van der Waals surface area contributed by atoms with Crippen LogP contribution in [0.4, 0.5) is 11.4 Å². The van der Waals surface area contributed by atoms with E-state index in [9.17, 15) is 10.1 Å². The van der Waals surface area contributed by atoms with Crippen molar-refractivity contribution in [2.75, 3.05) is 11.9 Å². The molecule has 0 fully saturated rings. The Labute approximate surface area is 111 Å². The third-order valence-electron chi connectivity index (χ3n) is 2.71. The Bertz CT molecular complexity index is 412. The standard InChI is InChI=1S/C12H18ClN3O2/c1-2-3-4-9(8-14)15-12-6-5-10(16(17)18)7-11(12)13/h5-7,9,15H,2-4,8,14H2,1H3. The van der Waals surface area contributed by atoms with Gasteiger partial charge in [-0.2, -0.15) is 0 Å². The molecule has 18 heavy (non-hydrogen) atoms. The first-order chi connectivity index (χ1) is 8.58. The van der Waals surface area contributed by atoms with Crippen molar-refractivity contribution in [2.45, 2.75) is 32.2 Å². The van der Waals surface area contributed by atoms with Crippen molar-refractivity contribution in [2.24, 2.45) is 5.73 Å². The molecule has 1 rings (SSSR count). The van der Waals surface area contributed by atoms with Crippen LogP contribution in [0.3, 0.4) is 0 Å². The minimum absolute atomic E-state index is 0.0107. The fourth-order valence-corrected chi connectivity index (χ4v) is 1.88. The van der Waals surface area contributed by atoms with E-state index in [4.69, 9.17) is 17.3 Å². The zero-order chi connectivity index (χ0) is 13.5. The second-order valence-corrected chi connectivity index (χ2v) is 4.55. The molecule has 3 N–H and O–H groups in total. The number of rotatable bonds is 7. The number of nitrogens with one attached hydrogen (secondary N) is 1. The lowest BCUT2D eigenvalue weighted by Crippen LogP contribution is -2.28. The first-order valence-corrected chi connectivity index (χ1v) is 6.36. The molecule has 1 unspecified atom stereocenters. The van der Waals surface area contributed by atoms with Crippen molar-refractivity contribution in [1.29, 1.82) is 0 Å². The maximum Gasteiger partial charge on any atom is 0.271 e. The number of hydrogen-bond donors (Lipinski definition) is 2. The molecule has 0 saturated heterocycles. The highest BCUT2D eigenvalue weighted by Crippen LogP contribution is 2.27. The van der Waals surface area contributed by atoms with Gasteiger partial charge < -0.3 is 11.1 Å². The summed E-state index contributed by atoms with van der Waals surface area (Å²) in [5.41, 5.74) is 6.35. The van der Waals surface area contributed by atoms with E-state index in [2.05, 4.69) is 12.2 Å². The van der Waals surface area contributed by atoms with E-state index < -0.39 is 4.92 Å². The van der Waals surface area contributed by atoms with Gasteiger partial charge in [-0.05, 0) is 12.5 Å². The number of nitrogens with two attached hydrogens (primary N) is 1. The number of unbranched alkanes of at least 4 members (excludes halogenated alkanes) is 1. The SMILES string of the molecule is CCCCC(CN)Nc1ccc([N+](=O)[O-])cc1Cl. The molecule has 0 aliphatic rings. The molecule has 0 aliphatic heterocycles. The highest BCUT2D eigenvalue weighted by atomic mass is 35.5. The number of anilines is 1. The number of nitrogens with zero attached hydrogens (tertiary/aromatic N) is 1. The van der Waals surface area contributed by atoms with Crippen molar-refractivity contribution in [3.63, 3.8) is 0 Å². The Morgan fingerprint density at radius 1 is 1.56 bits per heavy atom. The van der Waals surface area contributed by atoms with E-state index in [1.807, 2.05) is 0 Å². The third kappa shape index (κ3) is 4.16. The van der Waals surface area contributed by atoms with Crippen LogP contribution in [0.25, 0.3) is 0 Å². The van der Waals surface area contributed by atoms with Gasteiger partial charge in [0, 0.05) is 24.7 Å². The molecule has 0 aromatic heterocycles. The molecule has 0 amide bonds. The Balaban J connectivity index is 2.74. The number of nitro groups is 1. The number of nitro benzene ring substituents is 1. The minimum Gasteiger partial charge on any atom is -0.380 e. The van der Waals surface area contributed by atoms with Crippen LogP contribution in [0.5, 0.6) is 0 Å². The molecular formula is C12H18ClN3O2. The zero-order valence-electron chi connectivity index (χ0n) is 10.4. The Morgan fingerprint density at radius 3 is 2.78 bits per heavy atom. The summed E-state index contributed by atoms with van der Waals surface area (Å²) >= 11 is 6.00. The van der Waals surface area contributed by atoms with Crippen LogP contribution in [0.1, 0.15) is 26.2 Å². The number of non-ortho nitro benzene ring substituents is 1. The summed E-state index contributed by atoms with van der Waals surface area (Å²) in [5.74, 6) is 0. The van der Waals surface area contributed by atoms with Crippen LogP contribution in [0.2, 0.25) is 5.02 Å². The van der Waals surface area contributed by atoms with Gasteiger partial charge in [-0.15, -0.1) is 0 Å². The summed E-state index contributed by atoms with van der Waals surface area (Å²) in [4.78, 5) is 10.1. The smallest absolute Gasteiger partial charge is 0.271 e. The van der Waals surface area contributed by atoms with Gasteiger partial charge >= 0.3 is 0 Å². The van der Waals surface area contributed by atoms with Gasteiger partial charge in [-0.3, -0.25) is 10.1 Å². The lowest BCUT2D eigenvalue weighted by Gasteiger charge is -2.18. The van der Waals surface area contributed by atoms with Crippen LogP contribution in [0.15, 0.2) is 18.2 Å². The van der Waals surface area contributed by atoms with Crippen molar-refractivity contribution < 1.29 is 4.92 Å². The highest BCUT2D eigenvalue weighted by Gasteiger charge is 2.12. The molecule has 0 saturated carbocycles. The Kier molecular flexibility index (Phi) is 5.88. The largest absolute Gasteiger partial charge is 0.380 e. The number of benzene rings is 1. The highest BCUT2D eigenvalue weighted by molar-refractivity contribution is 6.33. The number of halogens is 1. The van der Waals surface area contributed by atoms with Crippen molar-refractivity contribution in [3.8, 4) is 0 Å². The summed E-state index contributed by atoms with van der Waals surface area (Å²) in [7, 11) is 0. The molecule has 6 heteroatoms. The molecule has 0 aliphatic carbocycles.